The first kappa shape index (κ1) is 22.3. The number of nitrogens with one attached hydrogen (secondary N) is 1. The number of hydrogen-bond donors (Lipinski definition) is 1. The molecule has 3 aromatic carbocycles. The van der Waals surface area contributed by atoms with Crippen molar-refractivity contribution < 1.29 is 18.7 Å². The Hall–Kier alpha value is -4.46. The van der Waals surface area contributed by atoms with E-state index in [4.69, 9.17) is 9.47 Å². The van der Waals surface area contributed by atoms with Crippen LogP contribution in [0.3, 0.4) is 0 Å². The number of ether oxygens (including phenoxy) is 2. The summed E-state index contributed by atoms with van der Waals surface area (Å²) in [5.41, 5.74) is 3.50. The molecule has 2 heterocycles. The van der Waals surface area contributed by atoms with E-state index in [0.717, 1.165) is 16.7 Å². The molecule has 4 aromatic rings. The third kappa shape index (κ3) is 4.63. The molecule has 7 nitrogen and oxygen atoms in total. The van der Waals surface area contributed by atoms with Crippen LogP contribution in [0.1, 0.15) is 29.7 Å². The Kier molecular flexibility index (Phi) is 6.26. The SMILES string of the molecule is CCOC(=O)C1=C(c2ccccc2)Nc2ncnn2C1c1cccc(OCc2ccc(F)cc2)c1. The maximum absolute atomic E-state index is 13.3. The van der Waals surface area contributed by atoms with Gasteiger partial charge in [0, 0.05) is 0 Å². The molecule has 0 bridgehead atoms. The molecular formula is C27H23FN4O3. The topological polar surface area (TPSA) is 78.3 Å². The third-order valence-electron chi connectivity index (χ3n) is 5.65. The molecule has 5 rings (SSSR count). The molecule has 1 aromatic heterocycles. The Balaban J connectivity index is 1.56. The Morgan fingerprint density at radius 1 is 1.06 bits per heavy atom. The molecule has 8 heteroatoms. The van der Waals surface area contributed by atoms with Gasteiger partial charge in [-0.15, -0.1) is 0 Å². The van der Waals surface area contributed by atoms with Gasteiger partial charge in [0.2, 0.25) is 5.95 Å². The average Bonchev–Trinajstić information content (AvgIpc) is 3.36. The zero-order chi connectivity index (χ0) is 24.2. The average molecular weight is 471 g/mol. The lowest BCUT2D eigenvalue weighted by molar-refractivity contribution is -0.138. The highest BCUT2D eigenvalue weighted by Crippen LogP contribution is 2.39. The molecule has 1 aliphatic rings. The van der Waals surface area contributed by atoms with Crippen LogP contribution in [0.5, 0.6) is 5.75 Å². The number of carbonyl (C=O) groups is 1. The van der Waals surface area contributed by atoms with Crippen LogP contribution in [-0.4, -0.2) is 27.3 Å². The van der Waals surface area contributed by atoms with Gasteiger partial charge < -0.3 is 14.8 Å². The van der Waals surface area contributed by atoms with E-state index in [1.165, 1.54) is 18.5 Å². The van der Waals surface area contributed by atoms with Crippen LogP contribution in [0.4, 0.5) is 10.3 Å². The number of halogens is 1. The van der Waals surface area contributed by atoms with Crippen molar-refractivity contribution in [1.82, 2.24) is 14.8 Å². The van der Waals surface area contributed by atoms with Gasteiger partial charge in [0.15, 0.2) is 0 Å². The van der Waals surface area contributed by atoms with Gasteiger partial charge in [-0.1, -0.05) is 54.6 Å². The van der Waals surface area contributed by atoms with Crippen LogP contribution >= 0.6 is 0 Å². The monoisotopic (exact) mass is 470 g/mol. The van der Waals surface area contributed by atoms with Gasteiger partial charge in [-0.25, -0.2) is 13.9 Å². The number of hydrogen-bond acceptors (Lipinski definition) is 6. The number of benzene rings is 3. The number of aromatic nitrogens is 3. The summed E-state index contributed by atoms with van der Waals surface area (Å²) in [6.07, 6.45) is 1.45. The molecule has 0 amide bonds. The summed E-state index contributed by atoms with van der Waals surface area (Å²) in [5.74, 6) is 0.386. The van der Waals surface area contributed by atoms with Crippen molar-refractivity contribution >= 4 is 17.6 Å². The number of rotatable bonds is 7. The highest BCUT2D eigenvalue weighted by atomic mass is 19.1. The second-order valence-electron chi connectivity index (χ2n) is 7.92. The zero-order valence-corrected chi connectivity index (χ0v) is 19.0. The van der Waals surface area contributed by atoms with E-state index in [0.29, 0.717) is 23.0 Å². The number of nitrogens with zero attached hydrogens (tertiary/aromatic N) is 3. The van der Waals surface area contributed by atoms with E-state index in [-0.39, 0.29) is 19.0 Å². The van der Waals surface area contributed by atoms with Gasteiger partial charge >= 0.3 is 5.97 Å². The second-order valence-corrected chi connectivity index (χ2v) is 7.92. The highest BCUT2D eigenvalue weighted by Gasteiger charge is 2.36. The summed E-state index contributed by atoms with van der Waals surface area (Å²) in [5, 5.41) is 7.65. The minimum Gasteiger partial charge on any atom is -0.489 e. The van der Waals surface area contributed by atoms with Crippen LogP contribution in [0.25, 0.3) is 5.70 Å². The van der Waals surface area contributed by atoms with Crippen LogP contribution in [0.2, 0.25) is 0 Å². The number of esters is 1. The molecule has 1 unspecified atom stereocenters. The lowest BCUT2D eigenvalue weighted by Crippen LogP contribution is -2.30. The van der Waals surface area contributed by atoms with E-state index in [1.54, 1.807) is 23.7 Å². The number of fused-ring (bicyclic) bond motifs is 1. The van der Waals surface area contributed by atoms with Gasteiger partial charge in [0.1, 0.15) is 30.5 Å². The fourth-order valence-corrected chi connectivity index (χ4v) is 4.05. The Morgan fingerprint density at radius 2 is 1.86 bits per heavy atom. The first-order valence-electron chi connectivity index (χ1n) is 11.2. The third-order valence-corrected chi connectivity index (χ3v) is 5.65. The summed E-state index contributed by atoms with van der Waals surface area (Å²) in [4.78, 5) is 17.6. The van der Waals surface area contributed by atoms with Gasteiger partial charge in [0.05, 0.1) is 17.9 Å². The quantitative estimate of drug-likeness (QED) is 0.384. The fourth-order valence-electron chi connectivity index (χ4n) is 4.05. The van der Waals surface area contributed by atoms with Crippen molar-refractivity contribution in [3.8, 4) is 5.75 Å². The van der Waals surface area contributed by atoms with Crippen molar-refractivity contribution in [3.63, 3.8) is 0 Å². The summed E-state index contributed by atoms with van der Waals surface area (Å²) < 4.78 is 26.3. The zero-order valence-electron chi connectivity index (χ0n) is 19.0. The maximum Gasteiger partial charge on any atom is 0.338 e. The molecule has 0 fully saturated rings. The van der Waals surface area contributed by atoms with Gasteiger partial charge in [0.25, 0.3) is 0 Å². The van der Waals surface area contributed by atoms with Crippen molar-refractivity contribution in [3.05, 3.63) is 113 Å². The lowest BCUT2D eigenvalue weighted by Gasteiger charge is -2.29. The molecule has 1 atom stereocenters. The highest BCUT2D eigenvalue weighted by molar-refractivity contribution is 6.02. The molecular weight excluding hydrogens is 447 g/mol. The minimum absolute atomic E-state index is 0.238. The fraction of sp³-hybridized carbons (Fsp3) is 0.148. The second kappa shape index (κ2) is 9.80. The first-order chi connectivity index (χ1) is 17.1. The summed E-state index contributed by atoms with van der Waals surface area (Å²) >= 11 is 0. The predicted octanol–water partition coefficient (Wildman–Crippen LogP) is 4.99. The Bertz CT molecular complexity index is 1370. The molecule has 176 valence electrons. The minimum atomic E-state index is -0.586. The normalized spacial score (nSPS) is 14.7. The Labute approximate surface area is 201 Å². The molecule has 1 aliphatic heterocycles. The van der Waals surface area contributed by atoms with E-state index in [1.807, 2.05) is 54.6 Å². The van der Waals surface area contributed by atoms with Crippen LogP contribution in [0.15, 0.2) is 90.8 Å². The molecule has 0 spiro atoms. The first-order valence-corrected chi connectivity index (χ1v) is 11.2. The largest absolute Gasteiger partial charge is 0.489 e. The van der Waals surface area contributed by atoms with Gasteiger partial charge in [-0.3, -0.25) is 0 Å². The Morgan fingerprint density at radius 3 is 2.63 bits per heavy atom. The van der Waals surface area contributed by atoms with Crippen molar-refractivity contribution in [2.45, 2.75) is 19.6 Å². The summed E-state index contributed by atoms with van der Waals surface area (Å²) in [7, 11) is 0. The van der Waals surface area contributed by atoms with Crippen molar-refractivity contribution in [2.24, 2.45) is 0 Å². The van der Waals surface area contributed by atoms with Crippen molar-refractivity contribution in [2.75, 3.05) is 11.9 Å². The van der Waals surface area contributed by atoms with Crippen LogP contribution in [-0.2, 0) is 16.1 Å². The molecule has 35 heavy (non-hydrogen) atoms. The van der Waals surface area contributed by atoms with E-state index < -0.39 is 12.0 Å². The molecule has 0 aliphatic carbocycles. The smallest absolute Gasteiger partial charge is 0.338 e. The lowest BCUT2D eigenvalue weighted by atomic mass is 9.93. The van der Waals surface area contributed by atoms with Crippen LogP contribution in [0, 0.1) is 5.82 Å². The molecule has 0 saturated carbocycles. The van der Waals surface area contributed by atoms with Crippen LogP contribution < -0.4 is 10.1 Å². The molecule has 0 saturated heterocycles. The standard InChI is InChI=1S/C27H23FN4O3/c1-2-34-26(33)23-24(19-7-4-3-5-8-19)31-27-29-17-30-32(27)25(23)20-9-6-10-22(15-20)35-16-18-11-13-21(28)14-12-18/h3-15,17,25H,2,16H2,1H3,(H,29,30,31). The number of carbonyl (C=O) groups excluding carboxylic acids is 1. The molecule has 0 radical (unpaired) electrons. The summed E-state index contributed by atoms with van der Waals surface area (Å²) in [6, 6.07) is 22.6. The number of anilines is 1. The van der Waals surface area contributed by atoms with E-state index in [2.05, 4.69) is 15.4 Å². The van der Waals surface area contributed by atoms with Gasteiger partial charge in [-0.05, 0) is 47.9 Å². The van der Waals surface area contributed by atoms with E-state index >= 15 is 0 Å². The maximum atomic E-state index is 13.3. The van der Waals surface area contributed by atoms with Crippen molar-refractivity contribution in [1.29, 1.82) is 0 Å². The summed E-state index contributed by atoms with van der Waals surface area (Å²) in [6.45, 7) is 2.29. The predicted molar refractivity (Wildman–Crippen MR) is 129 cm³/mol. The molecule has 1 N–H and O–H groups in total. The van der Waals surface area contributed by atoms with Gasteiger partial charge in [-0.2, -0.15) is 10.1 Å². The van der Waals surface area contributed by atoms with E-state index in [9.17, 15) is 9.18 Å².